The number of amides is 2. The molecule has 1 rings (SSSR count). The lowest BCUT2D eigenvalue weighted by molar-refractivity contribution is -0.141. The van der Waals surface area contributed by atoms with Crippen LogP contribution in [0.2, 0.25) is 0 Å². The fourth-order valence-electron chi connectivity index (χ4n) is 1.96. The summed E-state index contributed by atoms with van der Waals surface area (Å²) in [5, 5.41) is 30.0. The number of benzene rings is 1. The van der Waals surface area contributed by atoms with Crippen molar-refractivity contribution in [2.75, 3.05) is 6.54 Å². The van der Waals surface area contributed by atoms with Crippen molar-refractivity contribution in [3.63, 3.8) is 0 Å². The van der Waals surface area contributed by atoms with Crippen molar-refractivity contribution in [3.05, 3.63) is 35.6 Å². The van der Waals surface area contributed by atoms with Crippen LogP contribution in [0.3, 0.4) is 0 Å². The zero-order chi connectivity index (χ0) is 20.4. The number of carbonyl (C=O) groups excluding carboxylic acids is 1. The maximum absolute atomic E-state index is 13.1. The molecule has 0 bridgehead atoms. The number of hydrogen-bond donors (Lipinski definition) is 5. The van der Waals surface area contributed by atoms with E-state index in [0.717, 1.165) is 11.8 Å². The van der Waals surface area contributed by atoms with Gasteiger partial charge in [0.25, 0.3) is 0 Å². The van der Waals surface area contributed by atoms with Crippen LogP contribution < -0.4 is 10.6 Å². The molecule has 0 saturated carbocycles. The number of urea groups is 1. The lowest BCUT2D eigenvalue weighted by Gasteiger charge is -2.16. The molecule has 2 amide bonds. The van der Waals surface area contributed by atoms with Crippen LogP contribution in [0.1, 0.15) is 18.4 Å². The number of carbonyl (C=O) groups is 4. The second-order valence-corrected chi connectivity index (χ2v) is 6.64. The summed E-state index contributed by atoms with van der Waals surface area (Å²) >= 11 is 0.970. The molecule has 27 heavy (non-hydrogen) atoms. The van der Waals surface area contributed by atoms with Crippen LogP contribution in [0, 0.1) is 5.82 Å². The van der Waals surface area contributed by atoms with Gasteiger partial charge in [-0.25, -0.2) is 14.0 Å². The highest BCUT2D eigenvalue weighted by atomic mass is 32.2. The fourth-order valence-corrected chi connectivity index (χ4v) is 2.88. The predicted octanol–water partition coefficient (Wildman–Crippen LogP) is 1.13. The van der Waals surface area contributed by atoms with Gasteiger partial charge in [0.15, 0.2) is 0 Å². The Balaban J connectivity index is 2.52. The number of aliphatic carboxylic acids is 3. The second-order valence-electron chi connectivity index (χ2n) is 5.45. The van der Waals surface area contributed by atoms with Crippen molar-refractivity contribution < 1.29 is 38.9 Å². The van der Waals surface area contributed by atoms with Gasteiger partial charge in [-0.2, -0.15) is 0 Å². The maximum Gasteiger partial charge on any atom is 0.326 e. The van der Waals surface area contributed by atoms with Gasteiger partial charge in [0, 0.05) is 18.7 Å². The number of carboxylic acids is 3. The van der Waals surface area contributed by atoms with E-state index < -0.39 is 47.5 Å². The summed E-state index contributed by atoms with van der Waals surface area (Å²) in [7, 11) is 0. The van der Waals surface area contributed by atoms with Crippen LogP contribution in [-0.4, -0.2) is 57.1 Å². The van der Waals surface area contributed by atoms with E-state index in [2.05, 4.69) is 10.6 Å². The summed E-state index contributed by atoms with van der Waals surface area (Å²) in [6, 6.07) is 3.32. The Kier molecular flexibility index (Phi) is 9.06. The van der Waals surface area contributed by atoms with Crippen molar-refractivity contribution in [1.29, 1.82) is 0 Å². The van der Waals surface area contributed by atoms with Crippen molar-refractivity contribution in [1.82, 2.24) is 10.6 Å². The van der Waals surface area contributed by atoms with Crippen molar-refractivity contribution >= 4 is 35.7 Å². The van der Waals surface area contributed by atoms with Gasteiger partial charge in [-0.1, -0.05) is 12.1 Å². The topological polar surface area (TPSA) is 153 Å². The number of nitrogens with one attached hydrogen (secondary N) is 2. The molecule has 5 N–H and O–H groups in total. The van der Waals surface area contributed by atoms with E-state index in [4.69, 9.17) is 10.2 Å². The van der Waals surface area contributed by atoms with E-state index in [0.29, 0.717) is 5.56 Å². The number of hydrogen-bond acceptors (Lipinski definition) is 5. The molecule has 0 aliphatic heterocycles. The monoisotopic (exact) mass is 402 g/mol. The summed E-state index contributed by atoms with van der Waals surface area (Å²) in [6.45, 7) is -0.299. The standard InChI is InChI=1S/C16H19FN2O7S/c17-10-3-1-2-9(6-10)8-27-12(15(24)25)7-18-16(26)19-11(14(22)23)4-5-13(20)21/h1-3,6,11-12H,4-5,7-8H2,(H,20,21)(H,22,23)(H,24,25)(H2,18,19,26). The van der Waals surface area contributed by atoms with Gasteiger partial charge >= 0.3 is 23.9 Å². The molecule has 1 aromatic carbocycles. The predicted molar refractivity (Wildman–Crippen MR) is 93.9 cm³/mol. The molecule has 0 heterocycles. The molecular formula is C16H19FN2O7S. The molecule has 0 aromatic heterocycles. The SMILES string of the molecule is O=C(O)CCC(NC(=O)NCC(SCc1cccc(F)c1)C(=O)O)C(=O)O. The van der Waals surface area contributed by atoms with Gasteiger partial charge in [-0.3, -0.25) is 9.59 Å². The molecule has 0 aliphatic rings. The molecule has 2 atom stereocenters. The Labute approximate surface area is 157 Å². The van der Waals surface area contributed by atoms with Gasteiger partial charge in [-0.05, 0) is 24.1 Å². The normalized spacial score (nSPS) is 12.6. The summed E-state index contributed by atoms with van der Waals surface area (Å²) in [4.78, 5) is 44.6. The Morgan fingerprint density at radius 2 is 1.81 bits per heavy atom. The van der Waals surface area contributed by atoms with E-state index in [9.17, 15) is 28.7 Å². The third kappa shape index (κ3) is 8.90. The van der Waals surface area contributed by atoms with Crippen molar-refractivity contribution in [3.8, 4) is 0 Å². The average Bonchev–Trinajstić information content (AvgIpc) is 2.57. The fraction of sp³-hybridized carbons (Fsp3) is 0.375. The van der Waals surface area contributed by atoms with Gasteiger partial charge in [0.1, 0.15) is 17.1 Å². The van der Waals surface area contributed by atoms with E-state index >= 15 is 0 Å². The molecule has 1 aromatic rings. The zero-order valence-corrected chi connectivity index (χ0v) is 14.9. The molecule has 0 spiro atoms. The van der Waals surface area contributed by atoms with Gasteiger partial charge in [0.2, 0.25) is 0 Å². The van der Waals surface area contributed by atoms with Gasteiger partial charge in [0.05, 0.1) is 0 Å². The third-order valence-corrected chi connectivity index (χ3v) is 4.58. The average molecular weight is 402 g/mol. The number of thioether (sulfide) groups is 1. The number of carboxylic acid groups (broad SMARTS) is 3. The molecule has 11 heteroatoms. The summed E-state index contributed by atoms with van der Waals surface area (Å²) in [5.74, 6) is -4.05. The first kappa shape index (κ1) is 22.2. The number of halogens is 1. The van der Waals surface area contributed by atoms with Crippen LogP contribution in [-0.2, 0) is 20.1 Å². The molecule has 0 saturated heterocycles. The van der Waals surface area contributed by atoms with Crippen molar-refractivity contribution in [2.24, 2.45) is 0 Å². The van der Waals surface area contributed by atoms with Crippen LogP contribution in [0.15, 0.2) is 24.3 Å². The molecule has 148 valence electrons. The third-order valence-electron chi connectivity index (χ3n) is 3.31. The first-order chi connectivity index (χ1) is 12.7. The molecule has 2 unspecified atom stereocenters. The first-order valence-corrected chi connectivity index (χ1v) is 8.81. The van der Waals surface area contributed by atoms with Gasteiger partial charge in [-0.15, -0.1) is 11.8 Å². The first-order valence-electron chi connectivity index (χ1n) is 7.77. The summed E-state index contributed by atoms with van der Waals surface area (Å²) < 4.78 is 13.1. The lowest BCUT2D eigenvalue weighted by atomic mass is 10.1. The Hall–Kier alpha value is -2.82. The lowest BCUT2D eigenvalue weighted by Crippen LogP contribution is -2.48. The van der Waals surface area contributed by atoms with Crippen LogP contribution in [0.4, 0.5) is 9.18 Å². The molecular weight excluding hydrogens is 383 g/mol. The largest absolute Gasteiger partial charge is 0.481 e. The molecule has 9 nitrogen and oxygen atoms in total. The molecule has 0 fully saturated rings. The van der Waals surface area contributed by atoms with Gasteiger partial charge < -0.3 is 26.0 Å². The van der Waals surface area contributed by atoms with Crippen LogP contribution >= 0.6 is 11.8 Å². The zero-order valence-electron chi connectivity index (χ0n) is 14.1. The highest BCUT2D eigenvalue weighted by molar-refractivity contribution is 7.99. The Bertz CT molecular complexity index is 701. The second kappa shape index (κ2) is 11.0. The maximum atomic E-state index is 13.1. The van der Waals surface area contributed by atoms with Crippen LogP contribution in [0.5, 0.6) is 0 Å². The summed E-state index contributed by atoms with van der Waals surface area (Å²) in [5.41, 5.74) is 0.579. The van der Waals surface area contributed by atoms with E-state index in [1.165, 1.54) is 18.2 Å². The Morgan fingerprint density at radius 1 is 1.11 bits per heavy atom. The minimum absolute atomic E-state index is 0.203. The highest BCUT2D eigenvalue weighted by Gasteiger charge is 2.23. The quantitative estimate of drug-likeness (QED) is 0.369. The molecule has 0 aliphatic carbocycles. The van der Waals surface area contributed by atoms with E-state index in [-0.39, 0.29) is 18.7 Å². The number of rotatable bonds is 11. The van der Waals surface area contributed by atoms with E-state index in [1.54, 1.807) is 6.07 Å². The minimum Gasteiger partial charge on any atom is -0.481 e. The summed E-state index contributed by atoms with van der Waals surface area (Å²) in [6.07, 6.45) is -0.757. The Morgan fingerprint density at radius 3 is 2.37 bits per heavy atom. The van der Waals surface area contributed by atoms with Crippen molar-refractivity contribution in [2.45, 2.75) is 29.9 Å². The van der Waals surface area contributed by atoms with E-state index in [1.807, 2.05) is 0 Å². The highest BCUT2D eigenvalue weighted by Crippen LogP contribution is 2.18. The van der Waals surface area contributed by atoms with Crippen LogP contribution in [0.25, 0.3) is 0 Å². The molecule has 0 radical (unpaired) electrons. The smallest absolute Gasteiger partial charge is 0.326 e. The minimum atomic E-state index is -1.41.